The summed E-state index contributed by atoms with van der Waals surface area (Å²) in [6.07, 6.45) is 0.485. The standard InChI is InChI=1S/C28H31Cl2N3O4S/c1-4-31-28(35)21(3)32(17-16-22-8-6-5-7-9-22)27(34)19-33(26-18-23(29)12-15-25(26)30)38(36,37)24-13-10-20(2)11-14-24/h5-15,18,21H,4,16-17,19H2,1-3H3,(H,31,35)/t21-/m0/s1. The number of aryl methyl sites for hydroxylation is 1. The lowest BCUT2D eigenvalue weighted by molar-refractivity contribution is -0.138. The van der Waals surface area contributed by atoms with E-state index in [1.54, 1.807) is 26.0 Å². The van der Waals surface area contributed by atoms with Gasteiger partial charge in [-0.15, -0.1) is 0 Å². The molecular formula is C28H31Cl2N3O4S. The number of benzene rings is 3. The molecule has 2 amide bonds. The SMILES string of the molecule is CCNC(=O)[C@H](C)N(CCc1ccccc1)C(=O)CN(c1cc(Cl)ccc1Cl)S(=O)(=O)c1ccc(C)cc1. The van der Waals surface area contributed by atoms with Gasteiger partial charge in [-0.2, -0.15) is 0 Å². The van der Waals surface area contributed by atoms with Gasteiger partial charge in [0.1, 0.15) is 12.6 Å². The number of hydrogen-bond donors (Lipinski definition) is 1. The minimum Gasteiger partial charge on any atom is -0.355 e. The number of carbonyl (C=O) groups is 2. The summed E-state index contributed by atoms with van der Waals surface area (Å²) in [6, 6.07) is 19.4. The van der Waals surface area contributed by atoms with Crippen LogP contribution in [0, 0.1) is 6.92 Å². The van der Waals surface area contributed by atoms with Crippen molar-refractivity contribution in [3.05, 3.63) is 94.0 Å². The van der Waals surface area contributed by atoms with Crippen molar-refractivity contribution in [3.63, 3.8) is 0 Å². The summed E-state index contributed by atoms with van der Waals surface area (Å²) in [4.78, 5) is 27.9. The van der Waals surface area contributed by atoms with Crippen molar-refractivity contribution in [1.82, 2.24) is 10.2 Å². The largest absolute Gasteiger partial charge is 0.355 e. The molecule has 0 aliphatic carbocycles. The Morgan fingerprint density at radius 2 is 1.63 bits per heavy atom. The number of anilines is 1. The molecule has 1 N–H and O–H groups in total. The maximum Gasteiger partial charge on any atom is 0.264 e. The molecule has 0 radical (unpaired) electrons. The zero-order valence-electron chi connectivity index (χ0n) is 21.5. The van der Waals surface area contributed by atoms with Crippen LogP contribution in [0.2, 0.25) is 10.0 Å². The van der Waals surface area contributed by atoms with E-state index in [1.165, 1.54) is 35.2 Å². The third-order valence-electron chi connectivity index (χ3n) is 6.07. The van der Waals surface area contributed by atoms with Gasteiger partial charge < -0.3 is 10.2 Å². The lowest BCUT2D eigenvalue weighted by Crippen LogP contribution is -2.52. The Hall–Kier alpha value is -3.07. The number of sulfonamides is 1. The molecule has 38 heavy (non-hydrogen) atoms. The Bertz CT molecular complexity index is 1370. The zero-order chi connectivity index (χ0) is 27.9. The van der Waals surface area contributed by atoms with Crippen molar-refractivity contribution in [2.75, 3.05) is 23.9 Å². The molecule has 3 aromatic carbocycles. The minimum absolute atomic E-state index is 0.000415. The Balaban J connectivity index is 2.02. The number of hydrogen-bond acceptors (Lipinski definition) is 4. The molecule has 10 heteroatoms. The second kappa shape index (κ2) is 13.1. The van der Waals surface area contributed by atoms with Crippen molar-refractivity contribution < 1.29 is 18.0 Å². The van der Waals surface area contributed by atoms with E-state index in [0.29, 0.717) is 13.0 Å². The molecule has 0 aliphatic rings. The zero-order valence-corrected chi connectivity index (χ0v) is 23.9. The number of amides is 2. The summed E-state index contributed by atoms with van der Waals surface area (Å²) in [5, 5.41) is 3.12. The summed E-state index contributed by atoms with van der Waals surface area (Å²) in [5.41, 5.74) is 1.94. The Kier molecular flexibility index (Phi) is 10.2. The molecule has 0 heterocycles. The van der Waals surface area contributed by atoms with E-state index in [9.17, 15) is 18.0 Å². The molecule has 202 valence electrons. The van der Waals surface area contributed by atoms with Gasteiger partial charge in [-0.25, -0.2) is 8.42 Å². The van der Waals surface area contributed by atoms with Crippen molar-refractivity contribution in [1.29, 1.82) is 0 Å². The molecule has 7 nitrogen and oxygen atoms in total. The molecule has 0 spiro atoms. The maximum absolute atomic E-state index is 13.8. The lowest BCUT2D eigenvalue weighted by Gasteiger charge is -2.32. The maximum atomic E-state index is 13.8. The second-order valence-electron chi connectivity index (χ2n) is 8.81. The normalized spacial score (nSPS) is 12.0. The van der Waals surface area contributed by atoms with E-state index >= 15 is 0 Å². The highest BCUT2D eigenvalue weighted by atomic mass is 35.5. The molecule has 0 unspecified atom stereocenters. The lowest BCUT2D eigenvalue weighted by atomic mass is 10.1. The van der Waals surface area contributed by atoms with E-state index in [1.807, 2.05) is 37.3 Å². The fraction of sp³-hybridized carbons (Fsp3) is 0.286. The van der Waals surface area contributed by atoms with Crippen LogP contribution in [-0.2, 0) is 26.0 Å². The number of nitrogens with zero attached hydrogens (tertiary/aromatic N) is 2. The predicted molar refractivity (Wildman–Crippen MR) is 152 cm³/mol. The number of halogens is 2. The summed E-state index contributed by atoms with van der Waals surface area (Å²) >= 11 is 12.6. The third kappa shape index (κ3) is 7.28. The topological polar surface area (TPSA) is 86.8 Å². The summed E-state index contributed by atoms with van der Waals surface area (Å²) in [7, 11) is -4.22. The Labute approximate surface area is 234 Å². The number of rotatable bonds is 11. The van der Waals surface area contributed by atoms with Crippen molar-refractivity contribution >= 4 is 50.7 Å². The number of likely N-dealkylation sites (N-methyl/N-ethyl adjacent to an activating group) is 1. The van der Waals surface area contributed by atoms with Crippen LogP contribution in [0.1, 0.15) is 25.0 Å². The van der Waals surface area contributed by atoms with Gasteiger partial charge in [0.15, 0.2) is 0 Å². The smallest absolute Gasteiger partial charge is 0.264 e. The van der Waals surface area contributed by atoms with Gasteiger partial charge in [0, 0.05) is 18.1 Å². The first-order valence-electron chi connectivity index (χ1n) is 12.2. The van der Waals surface area contributed by atoms with Crippen molar-refractivity contribution in [2.24, 2.45) is 0 Å². The quantitative estimate of drug-likeness (QED) is 0.345. The van der Waals surface area contributed by atoms with Crippen LogP contribution in [-0.4, -0.2) is 50.8 Å². The highest BCUT2D eigenvalue weighted by Gasteiger charge is 2.33. The van der Waals surface area contributed by atoms with Crippen LogP contribution in [0.25, 0.3) is 0 Å². The van der Waals surface area contributed by atoms with Crippen molar-refractivity contribution in [2.45, 2.75) is 38.1 Å². The highest BCUT2D eigenvalue weighted by molar-refractivity contribution is 7.92. The van der Waals surface area contributed by atoms with Crippen LogP contribution >= 0.6 is 23.2 Å². The molecule has 0 aliphatic heterocycles. The van der Waals surface area contributed by atoms with E-state index in [4.69, 9.17) is 23.2 Å². The first-order chi connectivity index (χ1) is 18.0. The third-order valence-corrected chi connectivity index (χ3v) is 8.40. The summed E-state index contributed by atoms with van der Waals surface area (Å²) in [6.45, 7) is 5.29. The van der Waals surface area contributed by atoms with Gasteiger partial charge in [-0.05, 0) is 63.1 Å². The van der Waals surface area contributed by atoms with E-state index in [0.717, 1.165) is 15.4 Å². The first kappa shape index (κ1) is 29.5. The van der Waals surface area contributed by atoms with E-state index in [-0.39, 0.29) is 33.1 Å². The van der Waals surface area contributed by atoms with Gasteiger partial charge >= 0.3 is 0 Å². The predicted octanol–water partition coefficient (Wildman–Crippen LogP) is 5.09. The Morgan fingerprint density at radius 1 is 0.974 bits per heavy atom. The number of nitrogens with one attached hydrogen (secondary N) is 1. The van der Waals surface area contributed by atoms with Gasteiger partial charge in [-0.3, -0.25) is 13.9 Å². The van der Waals surface area contributed by atoms with Crippen LogP contribution in [0.5, 0.6) is 0 Å². The minimum atomic E-state index is -4.22. The van der Waals surface area contributed by atoms with Crippen LogP contribution < -0.4 is 9.62 Å². The fourth-order valence-corrected chi connectivity index (χ4v) is 5.78. The molecule has 1 atom stereocenters. The molecule has 3 rings (SSSR count). The molecule has 0 saturated heterocycles. The average molecular weight is 577 g/mol. The fourth-order valence-electron chi connectivity index (χ4n) is 3.92. The molecule has 0 saturated carbocycles. The highest BCUT2D eigenvalue weighted by Crippen LogP contribution is 2.33. The summed E-state index contributed by atoms with van der Waals surface area (Å²) < 4.78 is 28.6. The van der Waals surface area contributed by atoms with Gasteiger partial charge in [-0.1, -0.05) is 71.2 Å². The summed E-state index contributed by atoms with van der Waals surface area (Å²) in [5.74, 6) is -0.881. The van der Waals surface area contributed by atoms with E-state index < -0.39 is 28.5 Å². The number of carbonyl (C=O) groups excluding carboxylic acids is 2. The molecule has 0 aromatic heterocycles. The molecule has 3 aromatic rings. The molecular weight excluding hydrogens is 545 g/mol. The molecule has 0 fully saturated rings. The van der Waals surface area contributed by atoms with Gasteiger partial charge in [0.2, 0.25) is 11.8 Å². The van der Waals surface area contributed by atoms with Crippen LogP contribution in [0.3, 0.4) is 0 Å². The molecule has 0 bridgehead atoms. The Morgan fingerprint density at radius 3 is 2.26 bits per heavy atom. The van der Waals surface area contributed by atoms with Crippen LogP contribution in [0.15, 0.2) is 77.7 Å². The van der Waals surface area contributed by atoms with Crippen LogP contribution in [0.4, 0.5) is 5.69 Å². The van der Waals surface area contributed by atoms with Crippen molar-refractivity contribution in [3.8, 4) is 0 Å². The first-order valence-corrected chi connectivity index (χ1v) is 14.4. The van der Waals surface area contributed by atoms with E-state index in [2.05, 4.69) is 5.32 Å². The van der Waals surface area contributed by atoms with Gasteiger partial charge in [0.25, 0.3) is 10.0 Å². The monoisotopic (exact) mass is 575 g/mol. The second-order valence-corrected chi connectivity index (χ2v) is 11.5. The van der Waals surface area contributed by atoms with Gasteiger partial charge in [0.05, 0.1) is 15.6 Å². The average Bonchev–Trinajstić information content (AvgIpc) is 2.89.